The minimum Gasteiger partial charge on any atom is -0.354 e. The topological polar surface area (TPSA) is 84.9 Å². The maximum atomic E-state index is 11.7. The van der Waals surface area contributed by atoms with Crippen LogP contribution >= 0.6 is 7.82 Å². The van der Waals surface area contributed by atoms with Crippen molar-refractivity contribution in [1.29, 1.82) is 0 Å². The zero-order valence-corrected chi connectivity index (χ0v) is 14.8. The summed E-state index contributed by atoms with van der Waals surface area (Å²) >= 11 is 0. The molecule has 130 valence electrons. The lowest BCUT2D eigenvalue weighted by Crippen LogP contribution is -2.41. The van der Waals surface area contributed by atoms with Crippen molar-refractivity contribution in [2.75, 3.05) is 40.4 Å². The highest BCUT2D eigenvalue weighted by Crippen LogP contribution is 2.42. The number of quaternary nitrogens is 1. The van der Waals surface area contributed by atoms with Crippen LogP contribution in [0.15, 0.2) is 30.3 Å². The molecule has 8 heteroatoms. The second kappa shape index (κ2) is 9.15. The number of nitrogens with zero attached hydrogens (tertiary/aromatic N) is 1. The molecule has 1 amide bonds. The fraction of sp³-hybridized carbons (Fsp3) is 0.533. The summed E-state index contributed by atoms with van der Waals surface area (Å²) < 4.78 is 22.1. The Morgan fingerprint density at radius 1 is 1.22 bits per heavy atom. The third kappa shape index (κ3) is 9.48. The van der Waals surface area contributed by atoms with E-state index in [2.05, 4.69) is 5.32 Å². The van der Waals surface area contributed by atoms with Gasteiger partial charge in [0.25, 0.3) is 0 Å². The van der Waals surface area contributed by atoms with Crippen molar-refractivity contribution in [2.45, 2.75) is 13.5 Å². The van der Waals surface area contributed by atoms with Gasteiger partial charge in [-0.1, -0.05) is 30.3 Å². The summed E-state index contributed by atoms with van der Waals surface area (Å²) in [5.41, 5.74) is 1.19. The fourth-order valence-electron chi connectivity index (χ4n) is 1.99. The van der Waals surface area contributed by atoms with Gasteiger partial charge in [-0.25, -0.2) is 4.57 Å². The molecule has 0 fully saturated rings. The molecule has 1 aromatic carbocycles. The second-order valence-corrected chi connectivity index (χ2v) is 7.37. The van der Waals surface area contributed by atoms with Crippen LogP contribution in [-0.4, -0.2) is 55.7 Å². The Hall–Kier alpha value is -1.24. The molecular formula is C15H26N2O5P+. The molecule has 0 saturated carbocycles. The average Bonchev–Trinajstić information content (AvgIpc) is 2.43. The number of amides is 1. The first-order chi connectivity index (χ1) is 10.7. The van der Waals surface area contributed by atoms with Crippen LogP contribution in [0, 0.1) is 0 Å². The van der Waals surface area contributed by atoms with Gasteiger partial charge in [0, 0.05) is 19.0 Å². The molecule has 0 heterocycles. The van der Waals surface area contributed by atoms with Crippen LogP contribution in [-0.2, 0) is 25.0 Å². The molecule has 1 aromatic rings. The lowest BCUT2D eigenvalue weighted by Gasteiger charge is -2.30. The Labute approximate surface area is 137 Å². The summed E-state index contributed by atoms with van der Waals surface area (Å²) in [6.45, 7) is 2.92. The van der Waals surface area contributed by atoms with Gasteiger partial charge in [0.15, 0.2) is 0 Å². The predicted octanol–water partition coefficient (Wildman–Crippen LogP) is 1.53. The van der Waals surface area contributed by atoms with Gasteiger partial charge < -0.3 is 14.7 Å². The van der Waals surface area contributed by atoms with E-state index in [9.17, 15) is 14.3 Å². The van der Waals surface area contributed by atoms with Crippen LogP contribution in [0.5, 0.6) is 0 Å². The largest absolute Gasteiger partial charge is 0.472 e. The van der Waals surface area contributed by atoms with Crippen molar-refractivity contribution in [3.63, 3.8) is 0 Å². The summed E-state index contributed by atoms with van der Waals surface area (Å²) in [4.78, 5) is 20.2. The summed E-state index contributed by atoms with van der Waals surface area (Å²) in [6.07, 6.45) is 0. The highest BCUT2D eigenvalue weighted by Gasteiger charge is 2.23. The number of nitrogens with one attached hydrogen (secondary N) is 1. The molecule has 23 heavy (non-hydrogen) atoms. The Morgan fingerprint density at radius 3 is 2.43 bits per heavy atom. The molecule has 1 rings (SSSR count). The zero-order valence-electron chi connectivity index (χ0n) is 13.9. The number of likely N-dealkylation sites (N-methyl/N-ethyl adjacent to an activating group) is 1. The van der Waals surface area contributed by atoms with Gasteiger partial charge in [-0.2, -0.15) is 0 Å². The third-order valence-corrected chi connectivity index (χ3v) is 4.15. The summed E-state index contributed by atoms with van der Waals surface area (Å²) in [5, 5.41) is 2.47. The molecule has 0 aliphatic heterocycles. The number of carbonyl (C=O) groups excluding carboxylic acids is 1. The van der Waals surface area contributed by atoms with Crippen molar-refractivity contribution in [2.24, 2.45) is 0 Å². The van der Waals surface area contributed by atoms with Gasteiger partial charge in [-0.15, -0.1) is 0 Å². The standard InChI is InChI=1S/C15H25N2O5P/c1-14(18)16-9-11-21-23(19,20)22-12-10-17(2,3)13-15-7-5-4-6-8-15/h4-8H,9-13H2,1-3H3,(H-,16,18,19,20)/p+1. The van der Waals surface area contributed by atoms with Gasteiger partial charge in [-0.05, 0) is 0 Å². The van der Waals surface area contributed by atoms with Gasteiger partial charge in [0.1, 0.15) is 19.7 Å². The minimum atomic E-state index is -4.08. The minimum absolute atomic E-state index is 0.0738. The van der Waals surface area contributed by atoms with Gasteiger partial charge >= 0.3 is 7.82 Å². The number of hydrogen-bond donors (Lipinski definition) is 2. The van der Waals surface area contributed by atoms with E-state index in [0.717, 1.165) is 6.54 Å². The van der Waals surface area contributed by atoms with E-state index in [0.29, 0.717) is 11.0 Å². The fourth-order valence-corrected chi connectivity index (χ4v) is 2.69. The number of carbonyl (C=O) groups is 1. The molecular weight excluding hydrogens is 319 g/mol. The molecule has 0 aliphatic rings. The lowest BCUT2D eigenvalue weighted by atomic mass is 10.2. The monoisotopic (exact) mass is 345 g/mol. The number of rotatable bonds is 10. The third-order valence-electron chi connectivity index (χ3n) is 3.13. The molecule has 0 aliphatic carbocycles. The predicted molar refractivity (Wildman–Crippen MR) is 87.5 cm³/mol. The van der Waals surface area contributed by atoms with Crippen LogP contribution < -0.4 is 5.32 Å². The molecule has 0 radical (unpaired) electrons. The van der Waals surface area contributed by atoms with Crippen molar-refractivity contribution >= 4 is 13.7 Å². The molecule has 7 nitrogen and oxygen atoms in total. The highest BCUT2D eigenvalue weighted by atomic mass is 31.2. The maximum absolute atomic E-state index is 11.7. The van der Waals surface area contributed by atoms with Crippen LogP contribution in [0.25, 0.3) is 0 Å². The Bertz CT molecular complexity index is 536. The Kier molecular flexibility index (Phi) is 7.88. The molecule has 0 saturated heterocycles. The first-order valence-electron chi connectivity index (χ1n) is 7.42. The molecule has 0 bridgehead atoms. The first-order valence-corrected chi connectivity index (χ1v) is 8.92. The number of benzene rings is 1. The van der Waals surface area contributed by atoms with E-state index in [4.69, 9.17) is 9.05 Å². The quantitative estimate of drug-likeness (QED) is 0.382. The highest BCUT2D eigenvalue weighted by molar-refractivity contribution is 7.47. The van der Waals surface area contributed by atoms with Crippen LogP contribution in [0.2, 0.25) is 0 Å². The SMILES string of the molecule is CC(=O)NCCOP(=O)(O)OCC[N+](C)(C)Cc1ccccc1. The van der Waals surface area contributed by atoms with Crippen LogP contribution in [0.1, 0.15) is 12.5 Å². The number of phosphoric acid groups is 1. The van der Waals surface area contributed by atoms with E-state index in [1.807, 2.05) is 44.4 Å². The van der Waals surface area contributed by atoms with E-state index >= 15 is 0 Å². The number of phosphoric ester groups is 1. The lowest BCUT2D eigenvalue weighted by molar-refractivity contribution is -0.903. The Morgan fingerprint density at radius 2 is 1.83 bits per heavy atom. The average molecular weight is 345 g/mol. The van der Waals surface area contributed by atoms with E-state index in [1.165, 1.54) is 12.5 Å². The van der Waals surface area contributed by atoms with E-state index in [1.54, 1.807) is 0 Å². The van der Waals surface area contributed by atoms with Crippen molar-refractivity contribution in [1.82, 2.24) is 5.32 Å². The van der Waals surface area contributed by atoms with E-state index < -0.39 is 7.82 Å². The van der Waals surface area contributed by atoms with Crippen molar-refractivity contribution in [3.05, 3.63) is 35.9 Å². The second-order valence-electron chi connectivity index (χ2n) is 5.92. The summed E-state index contributed by atoms with van der Waals surface area (Å²) in [6, 6.07) is 10.0. The van der Waals surface area contributed by atoms with Gasteiger partial charge in [-0.3, -0.25) is 13.8 Å². The molecule has 2 N–H and O–H groups in total. The molecule has 1 atom stereocenters. The van der Waals surface area contributed by atoms with Crippen LogP contribution in [0.4, 0.5) is 0 Å². The Balaban J connectivity index is 2.30. The summed E-state index contributed by atoms with van der Waals surface area (Å²) in [7, 11) is -0.0341. The maximum Gasteiger partial charge on any atom is 0.472 e. The van der Waals surface area contributed by atoms with Gasteiger partial charge in [0.05, 0.1) is 20.7 Å². The van der Waals surface area contributed by atoms with Gasteiger partial charge in [0.2, 0.25) is 5.91 Å². The van der Waals surface area contributed by atoms with Crippen molar-refractivity contribution in [3.8, 4) is 0 Å². The number of hydrogen-bond acceptors (Lipinski definition) is 4. The van der Waals surface area contributed by atoms with Crippen molar-refractivity contribution < 1.29 is 27.8 Å². The molecule has 0 aromatic heterocycles. The normalized spacial score (nSPS) is 14.3. The molecule has 1 unspecified atom stereocenters. The first kappa shape index (κ1) is 19.8. The summed E-state index contributed by atoms with van der Waals surface area (Å²) in [5.74, 6) is -0.220. The van der Waals surface area contributed by atoms with E-state index in [-0.39, 0.29) is 25.7 Å². The smallest absolute Gasteiger partial charge is 0.354 e. The zero-order chi connectivity index (χ0) is 17.3. The van der Waals surface area contributed by atoms with Crippen LogP contribution in [0.3, 0.4) is 0 Å². The molecule has 0 spiro atoms.